The third kappa shape index (κ3) is 2.79. The number of aromatic hydroxyl groups is 1. The summed E-state index contributed by atoms with van der Waals surface area (Å²) in [6.45, 7) is 1.84. The fraction of sp³-hybridized carbons (Fsp3) is 0.542. The molecule has 0 radical (unpaired) electrons. The zero-order chi connectivity index (χ0) is 22.5. The standard InChI is InChI=1S/C24H28N2O5S/c1-32(30,31)20-8-16-11-24(29)21-9-15-4-5-17(27)10-18(15)23(24,12-19(16)25-22(20)28)6-7-26(21)13-14-2-3-14/h4-5,8,10,14,21,27,29H,2-3,6-7,9,11-13H2,1H3,(H,25,28). The first-order valence-electron chi connectivity index (χ1n) is 11.3. The molecule has 2 bridgehead atoms. The number of likely N-dealkylation sites (tertiary alicyclic amines) is 1. The summed E-state index contributed by atoms with van der Waals surface area (Å²) in [5.74, 6) is 0.863. The van der Waals surface area contributed by atoms with E-state index in [9.17, 15) is 23.4 Å². The van der Waals surface area contributed by atoms with E-state index < -0.39 is 26.4 Å². The summed E-state index contributed by atoms with van der Waals surface area (Å²) >= 11 is 0. The molecule has 1 saturated heterocycles. The van der Waals surface area contributed by atoms with Crippen LogP contribution < -0.4 is 5.56 Å². The van der Waals surface area contributed by atoms with Gasteiger partial charge in [-0.3, -0.25) is 9.69 Å². The number of rotatable bonds is 3. The van der Waals surface area contributed by atoms with Crippen LogP contribution in [0.4, 0.5) is 0 Å². The molecule has 1 aliphatic heterocycles. The van der Waals surface area contributed by atoms with Crippen LogP contribution in [-0.4, -0.2) is 59.5 Å². The van der Waals surface area contributed by atoms with Crippen molar-refractivity contribution in [2.75, 3.05) is 19.3 Å². The number of aromatic amines is 1. The van der Waals surface area contributed by atoms with Crippen molar-refractivity contribution in [2.45, 2.75) is 60.5 Å². The molecule has 2 aromatic rings. The normalized spacial score (nSPS) is 31.5. The number of sulfone groups is 1. The Kier molecular flexibility index (Phi) is 4.13. The van der Waals surface area contributed by atoms with E-state index in [-0.39, 0.29) is 23.1 Å². The molecule has 32 heavy (non-hydrogen) atoms. The minimum atomic E-state index is -3.68. The first-order chi connectivity index (χ1) is 15.1. The van der Waals surface area contributed by atoms with Crippen molar-refractivity contribution in [1.82, 2.24) is 9.88 Å². The number of aliphatic hydroxyl groups is 1. The molecule has 6 rings (SSSR count). The summed E-state index contributed by atoms with van der Waals surface area (Å²) < 4.78 is 24.3. The van der Waals surface area contributed by atoms with Gasteiger partial charge in [0.2, 0.25) is 0 Å². The first kappa shape index (κ1) is 20.4. The van der Waals surface area contributed by atoms with E-state index in [1.54, 1.807) is 12.1 Å². The largest absolute Gasteiger partial charge is 0.508 e. The van der Waals surface area contributed by atoms with Crippen LogP contribution in [-0.2, 0) is 34.5 Å². The average Bonchev–Trinajstić information content (AvgIpc) is 3.52. The van der Waals surface area contributed by atoms with E-state index in [4.69, 9.17) is 0 Å². The number of phenolic OH excluding ortho intramolecular Hbond substituents is 1. The number of nitrogens with zero attached hydrogens (tertiary/aromatic N) is 1. The lowest BCUT2D eigenvalue weighted by molar-refractivity contribution is -0.152. The maximum atomic E-state index is 12.6. The summed E-state index contributed by atoms with van der Waals surface area (Å²) in [5.41, 5.74) is 1.14. The number of hydrogen-bond acceptors (Lipinski definition) is 6. The van der Waals surface area contributed by atoms with Crippen LogP contribution in [0.3, 0.4) is 0 Å². The lowest BCUT2D eigenvalue weighted by atomic mass is 9.49. The van der Waals surface area contributed by atoms with Crippen molar-refractivity contribution in [3.8, 4) is 5.75 Å². The molecule has 170 valence electrons. The van der Waals surface area contributed by atoms with Gasteiger partial charge in [0, 0.05) is 42.8 Å². The SMILES string of the molecule is CS(=O)(=O)c1cc2c([nH]c1=O)CC13CCN(CC4CC4)C(Cc4ccc(O)cc41)C3(O)C2. The average molecular weight is 457 g/mol. The minimum Gasteiger partial charge on any atom is -0.508 e. The third-order valence-electron chi connectivity index (χ3n) is 8.38. The summed E-state index contributed by atoms with van der Waals surface area (Å²) in [4.78, 5) is 17.6. The molecule has 2 fully saturated rings. The van der Waals surface area contributed by atoms with Crippen LogP contribution in [0.15, 0.2) is 34.0 Å². The van der Waals surface area contributed by atoms with Gasteiger partial charge in [0.15, 0.2) is 9.84 Å². The van der Waals surface area contributed by atoms with Gasteiger partial charge in [-0.25, -0.2) is 8.42 Å². The molecular formula is C24H28N2O5S. The number of piperidine rings is 1. The summed E-state index contributed by atoms with van der Waals surface area (Å²) in [5, 5.41) is 22.7. The molecule has 4 aliphatic rings. The Balaban J connectivity index is 1.55. The van der Waals surface area contributed by atoms with Gasteiger partial charge in [-0.1, -0.05) is 6.07 Å². The van der Waals surface area contributed by atoms with Crippen molar-refractivity contribution in [3.05, 3.63) is 57.0 Å². The maximum absolute atomic E-state index is 12.6. The molecule has 3 N–H and O–H groups in total. The van der Waals surface area contributed by atoms with Gasteiger partial charge in [0.1, 0.15) is 10.6 Å². The Labute approximate surface area is 187 Å². The molecule has 3 atom stereocenters. The second-order valence-electron chi connectivity index (χ2n) is 10.3. The zero-order valence-electron chi connectivity index (χ0n) is 18.1. The number of hydrogen-bond donors (Lipinski definition) is 3. The van der Waals surface area contributed by atoms with Gasteiger partial charge >= 0.3 is 0 Å². The van der Waals surface area contributed by atoms with Gasteiger partial charge in [-0.2, -0.15) is 0 Å². The van der Waals surface area contributed by atoms with Crippen LogP contribution >= 0.6 is 0 Å². The lowest BCUT2D eigenvalue weighted by Gasteiger charge is -2.63. The van der Waals surface area contributed by atoms with E-state index in [1.807, 2.05) is 6.07 Å². The van der Waals surface area contributed by atoms with Gasteiger partial charge in [0.25, 0.3) is 5.56 Å². The summed E-state index contributed by atoms with van der Waals surface area (Å²) in [6.07, 6.45) is 5.62. The number of phenols is 1. The highest BCUT2D eigenvalue weighted by Crippen LogP contribution is 2.57. The molecule has 1 aromatic carbocycles. The lowest BCUT2D eigenvalue weighted by Crippen LogP contribution is -2.74. The molecule has 1 aromatic heterocycles. The topological polar surface area (TPSA) is 111 Å². The van der Waals surface area contributed by atoms with Crippen molar-refractivity contribution in [3.63, 3.8) is 0 Å². The van der Waals surface area contributed by atoms with Gasteiger partial charge in [0.05, 0.1) is 5.60 Å². The van der Waals surface area contributed by atoms with E-state index >= 15 is 0 Å². The Morgan fingerprint density at radius 3 is 2.69 bits per heavy atom. The van der Waals surface area contributed by atoms with Crippen molar-refractivity contribution in [1.29, 1.82) is 0 Å². The smallest absolute Gasteiger partial charge is 0.266 e. The molecule has 1 saturated carbocycles. The van der Waals surface area contributed by atoms with Gasteiger partial charge < -0.3 is 15.2 Å². The fourth-order valence-corrected chi connectivity index (χ4v) is 7.38. The highest BCUT2D eigenvalue weighted by Gasteiger charge is 2.64. The van der Waals surface area contributed by atoms with Crippen molar-refractivity contribution < 1.29 is 18.6 Å². The number of benzene rings is 1. The molecule has 3 unspecified atom stereocenters. The highest BCUT2D eigenvalue weighted by atomic mass is 32.2. The number of H-pyrrole nitrogens is 1. The predicted molar refractivity (Wildman–Crippen MR) is 119 cm³/mol. The maximum Gasteiger partial charge on any atom is 0.266 e. The molecular weight excluding hydrogens is 428 g/mol. The minimum absolute atomic E-state index is 0.0874. The third-order valence-corrected chi connectivity index (χ3v) is 9.48. The quantitative estimate of drug-likeness (QED) is 0.642. The predicted octanol–water partition coefficient (Wildman–Crippen LogP) is 1.29. The van der Waals surface area contributed by atoms with E-state index in [0.717, 1.165) is 36.9 Å². The molecule has 8 heteroatoms. The monoisotopic (exact) mass is 456 g/mol. The van der Waals surface area contributed by atoms with E-state index in [0.29, 0.717) is 30.0 Å². The molecule has 2 heterocycles. The zero-order valence-corrected chi connectivity index (χ0v) is 18.9. The van der Waals surface area contributed by atoms with Crippen LogP contribution in [0.2, 0.25) is 0 Å². The second-order valence-corrected chi connectivity index (χ2v) is 12.3. The summed E-state index contributed by atoms with van der Waals surface area (Å²) in [6, 6.07) is 6.83. The Morgan fingerprint density at radius 1 is 1.19 bits per heavy atom. The highest BCUT2D eigenvalue weighted by molar-refractivity contribution is 7.90. The summed E-state index contributed by atoms with van der Waals surface area (Å²) in [7, 11) is -3.68. The van der Waals surface area contributed by atoms with Crippen LogP contribution in [0.1, 0.15) is 41.6 Å². The Morgan fingerprint density at radius 2 is 1.97 bits per heavy atom. The van der Waals surface area contributed by atoms with Gasteiger partial charge in [-0.15, -0.1) is 0 Å². The van der Waals surface area contributed by atoms with Crippen molar-refractivity contribution >= 4 is 9.84 Å². The number of nitrogens with one attached hydrogen (secondary N) is 1. The van der Waals surface area contributed by atoms with Crippen LogP contribution in [0.25, 0.3) is 0 Å². The fourth-order valence-electron chi connectivity index (χ4n) is 6.64. The van der Waals surface area contributed by atoms with E-state index in [1.165, 1.54) is 18.9 Å². The molecule has 7 nitrogen and oxygen atoms in total. The Hall–Kier alpha value is -2.16. The number of fused-ring (bicyclic) bond motifs is 2. The second kappa shape index (κ2) is 6.46. The van der Waals surface area contributed by atoms with Crippen LogP contribution in [0.5, 0.6) is 5.75 Å². The molecule has 0 spiro atoms. The number of aromatic nitrogens is 1. The molecule has 0 amide bonds. The van der Waals surface area contributed by atoms with Gasteiger partial charge in [-0.05, 0) is 73.0 Å². The first-order valence-corrected chi connectivity index (χ1v) is 13.2. The molecule has 3 aliphatic carbocycles. The van der Waals surface area contributed by atoms with Crippen molar-refractivity contribution in [2.24, 2.45) is 5.92 Å². The van der Waals surface area contributed by atoms with Crippen LogP contribution in [0, 0.1) is 5.92 Å². The number of pyridine rings is 1. The van der Waals surface area contributed by atoms with E-state index in [2.05, 4.69) is 9.88 Å². The Bertz CT molecular complexity index is 1300.